The number of anilines is 1. The van der Waals surface area contributed by atoms with Crippen molar-refractivity contribution in [3.05, 3.63) is 41.7 Å². The van der Waals surface area contributed by atoms with Gasteiger partial charge in [0.2, 0.25) is 0 Å². The fourth-order valence-electron chi connectivity index (χ4n) is 2.97. The van der Waals surface area contributed by atoms with Gasteiger partial charge in [0.15, 0.2) is 12.3 Å². The summed E-state index contributed by atoms with van der Waals surface area (Å²) in [7, 11) is 0. The maximum Gasteiger partial charge on any atom is 0.422 e. The van der Waals surface area contributed by atoms with Crippen LogP contribution in [0.4, 0.5) is 18.9 Å². The molecule has 146 valence electrons. The van der Waals surface area contributed by atoms with Crippen molar-refractivity contribution in [3.63, 3.8) is 0 Å². The average Bonchev–Trinajstić information content (AvgIpc) is 3.11. The number of nitrogens with zero attached hydrogens (tertiary/aromatic N) is 2. The van der Waals surface area contributed by atoms with Gasteiger partial charge in [-0.2, -0.15) is 18.3 Å². The van der Waals surface area contributed by atoms with Crippen LogP contribution in [0.25, 0.3) is 0 Å². The molecule has 0 radical (unpaired) electrons. The van der Waals surface area contributed by atoms with Crippen LogP contribution in [-0.4, -0.2) is 41.6 Å². The molecule has 2 aromatic rings. The van der Waals surface area contributed by atoms with Gasteiger partial charge in [-0.3, -0.25) is 9.48 Å². The van der Waals surface area contributed by atoms with Gasteiger partial charge in [-0.1, -0.05) is 0 Å². The Morgan fingerprint density at radius 2 is 2.22 bits per heavy atom. The number of amides is 1. The van der Waals surface area contributed by atoms with Crippen molar-refractivity contribution in [1.82, 2.24) is 15.1 Å². The highest BCUT2D eigenvalue weighted by atomic mass is 19.4. The molecule has 27 heavy (non-hydrogen) atoms. The van der Waals surface area contributed by atoms with Crippen molar-refractivity contribution in [2.75, 3.05) is 25.0 Å². The van der Waals surface area contributed by atoms with Crippen molar-refractivity contribution in [2.24, 2.45) is 0 Å². The quantitative estimate of drug-likeness (QED) is 0.833. The van der Waals surface area contributed by atoms with Gasteiger partial charge in [0, 0.05) is 18.4 Å². The van der Waals surface area contributed by atoms with Gasteiger partial charge in [-0.15, -0.1) is 0 Å². The van der Waals surface area contributed by atoms with E-state index in [1.807, 2.05) is 0 Å². The number of aromatic nitrogens is 2. The first kappa shape index (κ1) is 19.2. The zero-order valence-corrected chi connectivity index (χ0v) is 14.8. The van der Waals surface area contributed by atoms with Crippen LogP contribution in [-0.2, 0) is 0 Å². The highest BCUT2D eigenvalue weighted by molar-refractivity contribution is 6.02. The van der Waals surface area contributed by atoms with Crippen molar-refractivity contribution < 1.29 is 22.7 Å². The summed E-state index contributed by atoms with van der Waals surface area (Å²) in [5.74, 6) is -0.250. The summed E-state index contributed by atoms with van der Waals surface area (Å²) in [6, 6.07) is 6.35. The molecule has 6 nitrogen and oxygen atoms in total. The standard InChI is InChI=1S/C18H21F3N4O2/c1-12-9-13(4-5-16(12)27-11-18(19,20)21)23-17(26)15-6-8-25(24-15)14-3-2-7-22-10-14/h4-6,8-9,14,22H,2-3,7,10-11H2,1H3,(H,23,26). The number of ether oxygens (including phenoxy) is 1. The first-order valence-electron chi connectivity index (χ1n) is 8.69. The molecule has 2 N–H and O–H groups in total. The van der Waals surface area contributed by atoms with E-state index in [2.05, 4.69) is 15.7 Å². The number of benzene rings is 1. The van der Waals surface area contributed by atoms with Crippen molar-refractivity contribution in [3.8, 4) is 5.75 Å². The van der Waals surface area contributed by atoms with Gasteiger partial charge in [-0.25, -0.2) is 0 Å². The van der Waals surface area contributed by atoms with Crippen LogP contribution in [0.1, 0.15) is 34.9 Å². The van der Waals surface area contributed by atoms with Gasteiger partial charge < -0.3 is 15.4 Å². The number of piperidine rings is 1. The topological polar surface area (TPSA) is 68.2 Å². The van der Waals surface area contributed by atoms with E-state index in [9.17, 15) is 18.0 Å². The molecule has 9 heteroatoms. The Kier molecular flexibility index (Phi) is 5.69. The molecule has 1 unspecified atom stereocenters. The number of rotatable bonds is 5. The van der Waals surface area contributed by atoms with Gasteiger partial charge in [-0.05, 0) is 56.1 Å². The first-order chi connectivity index (χ1) is 12.8. The molecule has 1 atom stereocenters. The Labute approximate surface area is 154 Å². The zero-order valence-electron chi connectivity index (χ0n) is 14.8. The maximum atomic E-state index is 12.4. The lowest BCUT2D eigenvalue weighted by Crippen LogP contribution is -2.32. The Balaban J connectivity index is 1.62. The summed E-state index contributed by atoms with van der Waals surface area (Å²) < 4.78 is 43.3. The molecule has 0 aliphatic carbocycles. The summed E-state index contributed by atoms with van der Waals surface area (Å²) in [6.45, 7) is 2.08. The van der Waals surface area contributed by atoms with E-state index in [1.165, 1.54) is 12.1 Å². The molecule has 0 bridgehead atoms. The molecule has 0 spiro atoms. The van der Waals surface area contributed by atoms with E-state index < -0.39 is 12.8 Å². The third kappa shape index (κ3) is 5.22. The second-order valence-corrected chi connectivity index (χ2v) is 6.52. The van der Waals surface area contributed by atoms with Crippen molar-refractivity contribution in [1.29, 1.82) is 0 Å². The molecule has 1 aromatic carbocycles. The fraction of sp³-hybridized carbons (Fsp3) is 0.444. The summed E-state index contributed by atoms with van der Waals surface area (Å²) >= 11 is 0. The zero-order chi connectivity index (χ0) is 19.4. The number of hydrogen-bond acceptors (Lipinski definition) is 4. The lowest BCUT2D eigenvalue weighted by atomic mass is 10.1. The van der Waals surface area contributed by atoms with Gasteiger partial charge in [0.25, 0.3) is 5.91 Å². The largest absolute Gasteiger partial charge is 0.484 e. The number of nitrogens with one attached hydrogen (secondary N) is 2. The van der Waals surface area contributed by atoms with E-state index in [4.69, 9.17) is 4.74 Å². The minimum Gasteiger partial charge on any atom is -0.484 e. The van der Waals surface area contributed by atoms with E-state index in [0.29, 0.717) is 11.3 Å². The van der Waals surface area contributed by atoms with E-state index in [-0.39, 0.29) is 23.4 Å². The predicted octanol–water partition coefficient (Wildman–Crippen LogP) is 3.31. The molecule has 3 rings (SSSR count). The van der Waals surface area contributed by atoms with Crippen LogP contribution in [0, 0.1) is 6.92 Å². The highest BCUT2D eigenvalue weighted by Crippen LogP contribution is 2.25. The van der Waals surface area contributed by atoms with E-state index >= 15 is 0 Å². The summed E-state index contributed by atoms with van der Waals surface area (Å²) in [4.78, 5) is 12.4. The molecule has 0 saturated carbocycles. The lowest BCUT2D eigenvalue weighted by Gasteiger charge is -2.22. The second-order valence-electron chi connectivity index (χ2n) is 6.52. The highest BCUT2D eigenvalue weighted by Gasteiger charge is 2.28. The van der Waals surface area contributed by atoms with Crippen LogP contribution in [0.15, 0.2) is 30.5 Å². The summed E-state index contributed by atoms with van der Waals surface area (Å²) in [5.41, 5.74) is 1.25. The van der Waals surface area contributed by atoms with Crippen LogP contribution >= 0.6 is 0 Å². The van der Waals surface area contributed by atoms with Gasteiger partial charge >= 0.3 is 6.18 Å². The summed E-state index contributed by atoms with van der Waals surface area (Å²) in [6.07, 6.45) is -0.541. The Morgan fingerprint density at radius 1 is 1.41 bits per heavy atom. The van der Waals surface area contributed by atoms with Crippen LogP contribution in [0.5, 0.6) is 5.75 Å². The first-order valence-corrected chi connectivity index (χ1v) is 8.69. The molecule has 1 amide bonds. The fourth-order valence-corrected chi connectivity index (χ4v) is 2.97. The third-order valence-corrected chi connectivity index (χ3v) is 4.31. The van der Waals surface area contributed by atoms with Gasteiger partial charge in [0.1, 0.15) is 5.75 Å². The maximum absolute atomic E-state index is 12.4. The minimum absolute atomic E-state index is 0.124. The molecule has 1 aromatic heterocycles. The molecule has 1 aliphatic heterocycles. The number of alkyl halides is 3. The number of carbonyl (C=O) groups is 1. The minimum atomic E-state index is -4.40. The number of carbonyl (C=O) groups excluding carboxylic acids is 1. The van der Waals surface area contributed by atoms with E-state index in [1.54, 1.807) is 29.9 Å². The molecular weight excluding hydrogens is 361 g/mol. The Morgan fingerprint density at radius 3 is 2.89 bits per heavy atom. The average molecular weight is 382 g/mol. The smallest absolute Gasteiger partial charge is 0.422 e. The normalized spacial score (nSPS) is 17.6. The van der Waals surface area contributed by atoms with Crippen LogP contribution in [0.2, 0.25) is 0 Å². The third-order valence-electron chi connectivity index (χ3n) is 4.31. The SMILES string of the molecule is Cc1cc(NC(=O)c2ccn(C3CCCNC3)n2)ccc1OCC(F)(F)F. The number of hydrogen-bond donors (Lipinski definition) is 2. The molecule has 1 fully saturated rings. The summed E-state index contributed by atoms with van der Waals surface area (Å²) in [5, 5.41) is 10.3. The Bertz CT molecular complexity index is 798. The Hall–Kier alpha value is -2.55. The van der Waals surface area contributed by atoms with Crippen molar-refractivity contribution in [2.45, 2.75) is 32.0 Å². The lowest BCUT2D eigenvalue weighted by molar-refractivity contribution is -0.153. The molecular formula is C18H21F3N4O2. The monoisotopic (exact) mass is 382 g/mol. The van der Waals surface area contributed by atoms with E-state index in [0.717, 1.165) is 25.9 Å². The van der Waals surface area contributed by atoms with Crippen LogP contribution in [0.3, 0.4) is 0 Å². The molecule has 2 heterocycles. The number of halogens is 3. The molecule has 1 saturated heterocycles. The molecule has 1 aliphatic rings. The predicted molar refractivity (Wildman–Crippen MR) is 94.0 cm³/mol. The van der Waals surface area contributed by atoms with Crippen LogP contribution < -0.4 is 15.4 Å². The second kappa shape index (κ2) is 7.99. The van der Waals surface area contributed by atoms with Gasteiger partial charge in [0.05, 0.1) is 6.04 Å². The van der Waals surface area contributed by atoms with Crippen molar-refractivity contribution >= 4 is 11.6 Å². The number of aryl methyl sites for hydroxylation is 1.